The molecular formula is C14H22BFO3. The normalized spacial score (nSPS) is 12.7. The third-order valence-corrected chi connectivity index (χ3v) is 3.62. The molecule has 0 fully saturated rings. The third kappa shape index (κ3) is 3.56. The predicted molar refractivity (Wildman–Crippen MR) is 74.9 cm³/mol. The van der Waals surface area contributed by atoms with Crippen LogP contribution in [0.5, 0.6) is 0 Å². The Bertz CT molecular complexity index is 443. The Kier molecular flexibility index (Phi) is 4.45. The summed E-state index contributed by atoms with van der Waals surface area (Å²) >= 11 is 0. The lowest BCUT2D eigenvalue weighted by molar-refractivity contribution is -0.0982. The molecule has 1 aromatic carbocycles. The van der Waals surface area contributed by atoms with E-state index >= 15 is 0 Å². The van der Waals surface area contributed by atoms with Crippen molar-refractivity contribution in [2.45, 2.75) is 52.7 Å². The second-order valence-electron chi connectivity index (χ2n) is 6.01. The molecule has 1 rings (SSSR count). The molecule has 0 saturated carbocycles. The van der Waals surface area contributed by atoms with Gasteiger partial charge in [-0.15, -0.1) is 0 Å². The van der Waals surface area contributed by atoms with Gasteiger partial charge in [0.15, 0.2) is 0 Å². The van der Waals surface area contributed by atoms with Crippen LogP contribution < -0.4 is 5.46 Å². The van der Waals surface area contributed by atoms with E-state index in [-0.39, 0.29) is 5.82 Å². The molecule has 0 bridgehead atoms. The van der Waals surface area contributed by atoms with Crippen LogP contribution in [0.4, 0.5) is 4.39 Å². The van der Waals surface area contributed by atoms with Crippen LogP contribution in [0.25, 0.3) is 0 Å². The maximum atomic E-state index is 13.5. The number of benzene rings is 1. The topological polar surface area (TPSA) is 49.7 Å². The Morgan fingerprint density at radius 3 is 1.89 bits per heavy atom. The van der Waals surface area contributed by atoms with Crippen molar-refractivity contribution in [2.24, 2.45) is 0 Å². The van der Waals surface area contributed by atoms with E-state index in [1.807, 2.05) is 0 Å². The Hall–Kier alpha value is -0.905. The van der Waals surface area contributed by atoms with E-state index in [9.17, 15) is 14.5 Å². The summed E-state index contributed by atoms with van der Waals surface area (Å²) in [6, 6.07) is 3.10. The van der Waals surface area contributed by atoms with Gasteiger partial charge in [0.2, 0.25) is 0 Å². The van der Waals surface area contributed by atoms with Crippen LogP contribution in [-0.4, -0.2) is 28.5 Å². The van der Waals surface area contributed by atoms with Crippen molar-refractivity contribution in [3.63, 3.8) is 0 Å². The molecule has 1 aromatic rings. The summed E-state index contributed by atoms with van der Waals surface area (Å²) in [6.45, 7) is 9.89. The van der Waals surface area contributed by atoms with Gasteiger partial charge in [0, 0.05) is 0 Å². The zero-order valence-electron chi connectivity index (χ0n) is 12.4. The molecule has 0 spiro atoms. The molecule has 0 aromatic heterocycles. The molecule has 0 radical (unpaired) electrons. The van der Waals surface area contributed by atoms with Gasteiger partial charge in [-0.25, -0.2) is 4.39 Å². The van der Waals surface area contributed by atoms with E-state index in [1.165, 1.54) is 0 Å². The zero-order valence-corrected chi connectivity index (χ0v) is 12.4. The van der Waals surface area contributed by atoms with E-state index in [1.54, 1.807) is 53.7 Å². The van der Waals surface area contributed by atoms with Gasteiger partial charge in [-0.1, -0.05) is 12.1 Å². The lowest BCUT2D eigenvalue weighted by atomic mass is 9.75. The van der Waals surface area contributed by atoms with Crippen LogP contribution in [0.3, 0.4) is 0 Å². The quantitative estimate of drug-likeness (QED) is 0.817. The average Bonchev–Trinajstić information content (AvgIpc) is 2.22. The maximum absolute atomic E-state index is 13.5. The highest BCUT2D eigenvalue weighted by Gasteiger charge is 2.39. The van der Waals surface area contributed by atoms with Crippen molar-refractivity contribution >= 4 is 12.6 Å². The minimum atomic E-state index is -1.21. The first-order valence-corrected chi connectivity index (χ1v) is 6.30. The molecule has 19 heavy (non-hydrogen) atoms. The van der Waals surface area contributed by atoms with Gasteiger partial charge in [-0.2, -0.15) is 0 Å². The fourth-order valence-electron chi connectivity index (χ4n) is 1.61. The molecule has 0 amide bonds. The molecule has 5 heteroatoms. The first kappa shape index (κ1) is 16.2. The van der Waals surface area contributed by atoms with Crippen LogP contribution in [0.1, 0.15) is 38.8 Å². The molecular weight excluding hydrogens is 246 g/mol. The molecule has 3 nitrogen and oxygen atoms in total. The fraction of sp³-hybridized carbons (Fsp3) is 0.571. The molecule has 106 valence electrons. The van der Waals surface area contributed by atoms with E-state index in [2.05, 4.69) is 0 Å². The first-order valence-electron chi connectivity index (χ1n) is 6.30. The van der Waals surface area contributed by atoms with Gasteiger partial charge in [0.05, 0.1) is 11.2 Å². The van der Waals surface area contributed by atoms with Crippen molar-refractivity contribution in [1.29, 1.82) is 0 Å². The number of hydrogen-bond donors (Lipinski definition) is 2. The molecule has 0 saturated heterocycles. The monoisotopic (exact) mass is 268 g/mol. The zero-order chi connectivity index (χ0) is 15.0. The van der Waals surface area contributed by atoms with Crippen LogP contribution >= 0.6 is 0 Å². The van der Waals surface area contributed by atoms with E-state index in [0.29, 0.717) is 16.6 Å². The minimum Gasteiger partial charge on any atom is -0.423 e. The number of aliphatic hydroxyl groups is 1. The van der Waals surface area contributed by atoms with Crippen LogP contribution in [-0.2, 0) is 4.65 Å². The second kappa shape index (κ2) is 5.23. The van der Waals surface area contributed by atoms with Crippen molar-refractivity contribution in [3.8, 4) is 0 Å². The largest absolute Gasteiger partial charge is 0.491 e. The Morgan fingerprint density at radius 2 is 1.53 bits per heavy atom. The summed E-state index contributed by atoms with van der Waals surface area (Å²) in [5.41, 5.74) is -0.660. The van der Waals surface area contributed by atoms with Crippen molar-refractivity contribution < 1.29 is 19.2 Å². The summed E-state index contributed by atoms with van der Waals surface area (Å²) in [6.07, 6.45) is 0. The van der Waals surface area contributed by atoms with Crippen molar-refractivity contribution in [1.82, 2.24) is 0 Å². The van der Waals surface area contributed by atoms with Gasteiger partial charge < -0.3 is 14.8 Å². The molecule has 0 aliphatic rings. The lowest BCUT2D eigenvalue weighted by Crippen LogP contribution is -2.53. The van der Waals surface area contributed by atoms with Crippen LogP contribution in [0.2, 0.25) is 0 Å². The number of halogens is 1. The molecule has 0 atom stereocenters. The molecule has 0 aliphatic heterocycles. The van der Waals surface area contributed by atoms with Crippen LogP contribution in [0.15, 0.2) is 12.1 Å². The summed E-state index contributed by atoms with van der Waals surface area (Å²) in [4.78, 5) is 0. The third-order valence-electron chi connectivity index (χ3n) is 3.62. The van der Waals surface area contributed by atoms with E-state index in [0.717, 1.165) is 0 Å². The Labute approximate surface area is 114 Å². The van der Waals surface area contributed by atoms with Gasteiger partial charge in [-0.05, 0) is 58.1 Å². The smallest absolute Gasteiger partial charge is 0.423 e. The number of rotatable bonds is 4. The van der Waals surface area contributed by atoms with Gasteiger partial charge in [0.1, 0.15) is 5.82 Å². The van der Waals surface area contributed by atoms with Gasteiger partial charge in [-0.3, -0.25) is 0 Å². The SMILES string of the molecule is Cc1cc(B(O)OC(C)(C)C(C)(C)O)cc(C)c1F. The summed E-state index contributed by atoms with van der Waals surface area (Å²) in [5.74, 6) is -0.280. The highest BCUT2D eigenvalue weighted by atomic mass is 19.1. The Morgan fingerprint density at radius 1 is 1.11 bits per heavy atom. The number of aryl methyl sites for hydroxylation is 2. The summed E-state index contributed by atoms with van der Waals surface area (Å²) < 4.78 is 19.1. The number of hydrogen-bond acceptors (Lipinski definition) is 3. The highest BCUT2D eigenvalue weighted by molar-refractivity contribution is 6.60. The lowest BCUT2D eigenvalue weighted by Gasteiger charge is -2.38. The van der Waals surface area contributed by atoms with E-state index in [4.69, 9.17) is 4.65 Å². The summed E-state index contributed by atoms with van der Waals surface area (Å²) in [5, 5.41) is 20.1. The molecule has 0 heterocycles. The average molecular weight is 268 g/mol. The standard InChI is InChI=1S/C14H22BFO3/c1-9-7-11(8-10(2)12(9)16)15(18)19-14(5,6)13(3,4)17/h7-8,17-18H,1-6H3. The second-order valence-corrected chi connectivity index (χ2v) is 6.01. The Balaban J connectivity index is 3.00. The van der Waals surface area contributed by atoms with Crippen molar-refractivity contribution in [2.75, 3.05) is 0 Å². The van der Waals surface area contributed by atoms with Gasteiger partial charge >= 0.3 is 7.12 Å². The van der Waals surface area contributed by atoms with Crippen LogP contribution in [0, 0.1) is 19.7 Å². The van der Waals surface area contributed by atoms with E-state index < -0.39 is 18.3 Å². The van der Waals surface area contributed by atoms with Gasteiger partial charge in [0.25, 0.3) is 0 Å². The summed E-state index contributed by atoms with van der Waals surface area (Å²) in [7, 11) is -1.21. The molecule has 0 unspecified atom stereocenters. The maximum Gasteiger partial charge on any atom is 0.491 e. The minimum absolute atomic E-state index is 0.280. The predicted octanol–water partition coefficient (Wildman–Crippen LogP) is 1.70. The first-order chi connectivity index (χ1) is 8.45. The van der Waals surface area contributed by atoms with Crippen molar-refractivity contribution in [3.05, 3.63) is 29.1 Å². The molecule has 0 aliphatic carbocycles. The highest BCUT2D eigenvalue weighted by Crippen LogP contribution is 2.25. The fourth-order valence-corrected chi connectivity index (χ4v) is 1.61. The molecule has 2 N–H and O–H groups in total.